The van der Waals surface area contributed by atoms with Crippen molar-refractivity contribution < 1.29 is 8.83 Å². The second kappa shape index (κ2) is 13.8. The van der Waals surface area contributed by atoms with Gasteiger partial charge in [-0.3, -0.25) is 0 Å². The third-order valence-corrected chi connectivity index (χ3v) is 13.7. The van der Waals surface area contributed by atoms with Gasteiger partial charge in [0, 0.05) is 64.3 Å². The van der Waals surface area contributed by atoms with E-state index < -0.39 is 0 Å². The lowest BCUT2D eigenvalue weighted by molar-refractivity contribution is 0.664. The molecule has 13 rings (SSSR count). The standard InChI is InChI=1S/C58H35NO2S/c1-2-12-36(13-3-1)37-24-28-40(29-25-37)59(41-30-26-39(27-31-41)44-19-11-21-47-45-17-7-9-23-54(45)62-58(44)47)42-32-33-52-49(34-42)50-35-53-55(48-18-6-8-22-51(48)60-53)56(57(50)61-52)46-20-10-15-38-14-4-5-16-43(38)46/h1-35H. The number of para-hydroxylation sites is 1. The van der Waals surface area contributed by atoms with Crippen LogP contribution in [-0.4, -0.2) is 0 Å². The zero-order chi connectivity index (χ0) is 40.7. The molecular weight excluding hydrogens is 775 g/mol. The van der Waals surface area contributed by atoms with E-state index in [1.54, 1.807) is 0 Å². The van der Waals surface area contributed by atoms with E-state index in [0.717, 1.165) is 72.1 Å². The molecule has 62 heavy (non-hydrogen) atoms. The summed E-state index contributed by atoms with van der Waals surface area (Å²) in [5.41, 5.74) is 13.5. The number of nitrogens with zero attached hydrogens (tertiary/aromatic N) is 1. The maximum atomic E-state index is 6.99. The molecule has 3 nitrogen and oxygen atoms in total. The maximum Gasteiger partial charge on any atom is 0.144 e. The highest BCUT2D eigenvalue weighted by molar-refractivity contribution is 7.26. The molecule has 0 fully saturated rings. The summed E-state index contributed by atoms with van der Waals surface area (Å²) in [6.07, 6.45) is 0. The van der Waals surface area contributed by atoms with Gasteiger partial charge in [0.1, 0.15) is 22.3 Å². The second-order valence-electron chi connectivity index (χ2n) is 16.0. The van der Waals surface area contributed by atoms with Gasteiger partial charge >= 0.3 is 0 Å². The van der Waals surface area contributed by atoms with Crippen molar-refractivity contribution in [1.29, 1.82) is 0 Å². The van der Waals surface area contributed by atoms with E-state index in [2.05, 4.69) is 211 Å². The third kappa shape index (κ3) is 5.44. The molecule has 0 amide bonds. The number of hydrogen-bond acceptors (Lipinski definition) is 4. The van der Waals surface area contributed by atoms with Crippen LogP contribution in [0.1, 0.15) is 0 Å². The number of rotatable bonds is 6. The smallest absolute Gasteiger partial charge is 0.144 e. The van der Waals surface area contributed by atoms with E-state index in [-0.39, 0.29) is 0 Å². The molecule has 10 aromatic carbocycles. The lowest BCUT2D eigenvalue weighted by atomic mass is 9.93. The van der Waals surface area contributed by atoms with Crippen LogP contribution in [0.2, 0.25) is 0 Å². The van der Waals surface area contributed by atoms with E-state index in [4.69, 9.17) is 8.83 Å². The number of anilines is 3. The minimum absolute atomic E-state index is 0.827. The Morgan fingerprint density at radius 1 is 0.355 bits per heavy atom. The molecule has 13 aromatic rings. The Kier molecular flexibility index (Phi) is 7.78. The Bertz CT molecular complexity index is 3850. The summed E-state index contributed by atoms with van der Waals surface area (Å²) >= 11 is 1.87. The van der Waals surface area contributed by atoms with Crippen LogP contribution in [0, 0.1) is 0 Å². The third-order valence-electron chi connectivity index (χ3n) is 12.5. The van der Waals surface area contributed by atoms with Crippen LogP contribution in [0.3, 0.4) is 0 Å². The highest BCUT2D eigenvalue weighted by Crippen LogP contribution is 2.48. The highest BCUT2D eigenvalue weighted by Gasteiger charge is 2.24. The fourth-order valence-corrected chi connectivity index (χ4v) is 10.8. The van der Waals surface area contributed by atoms with Gasteiger partial charge in [-0.2, -0.15) is 0 Å². The molecular formula is C58H35NO2S. The van der Waals surface area contributed by atoms with Crippen molar-refractivity contribution in [3.8, 4) is 33.4 Å². The van der Waals surface area contributed by atoms with Crippen molar-refractivity contribution in [2.45, 2.75) is 0 Å². The van der Waals surface area contributed by atoms with Crippen LogP contribution >= 0.6 is 11.3 Å². The molecule has 3 heterocycles. The Hall–Kier alpha value is -7.92. The van der Waals surface area contributed by atoms with Crippen LogP contribution in [0.25, 0.3) is 108 Å². The minimum Gasteiger partial charge on any atom is -0.456 e. The Morgan fingerprint density at radius 2 is 0.968 bits per heavy atom. The Balaban J connectivity index is 1.01. The van der Waals surface area contributed by atoms with Gasteiger partial charge in [0.2, 0.25) is 0 Å². The molecule has 0 saturated heterocycles. The van der Waals surface area contributed by atoms with E-state index in [9.17, 15) is 0 Å². The molecule has 0 bridgehead atoms. The zero-order valence-electron chi connectivity index (χ0n) is 33.4. The fourth-order valence-electron chi connectivity index (χ4n) is 9.59. The first-order chi connectivity index (χ1) is 30.7. The number of fused-ring (bicyclic) bond motifs is 10. The molecule has 0 saturated carbocycles. The molecule has 4 heteroatoms. The molecule has 0 aliphatic heterocycles. The van der Waals surface area contributed by atoms with E-state index in [0.29, 0.717) is 0 Å². The summed E-state index contributed by atoms with van der Waals surface area (Å²) in [6, 6.07) is 76.0. The van der Waals surface area contributed by atoms with Crippen LogP contribution in [-0.2, 0) is 0 Å². The highest BCUT2D eigenvalue weighted by atomic mass is 32.1. The molecule has 0 radical (unpaired) electrons. The van der Waals surface area contributed by atoms with E-state index in [1.807, 2.05) is 17.4 Å². The lowest BCUT2D eigenvalue weighted by Gasteiger charge is -2.26. The molecule has 290 valence electrons. The van der Waals surface area contributed by atoms with Crippen molar-refractivity contribution in [2.75, 3.05) is 4.90 Å². The van der Waals surface area contributed by atoms with Gasteiger partial charge in [0.05, 0.1) is 0 Å². The van der Waals surface area contributed by atoms with Crippen molar-refractivity contribution in [1.82, 2.24) is 0 Å². The number of thiophene rings is 1. The van der Waals surface area contributed by atoms with Gasteiger partial charge in [0.25, 0.3) is 0 Å². The van der Waals surface area contributed by atoms with Crippen LogP contribution in [0.5, 0.6) is 0 Å². The Morgan fingerprint density at radius 3 is 1.81 bits per heavy atom. The predicted octanol–water partition coefficient (Wildman–Crippen LogP) is 17.5. The van der Waals surface area contributed by atoms with Crippen LogP contribution in [0.15, 0.2) is 221 Å². The number of benzene rings is 10. The first kappa shape index (κ1) is 34.9. The topological polar surface area (TPSA) is 29.5 Å². The first-order valence-corrected chi connectivity index (χ1v) is 21.8. The van der Waals surface area contributed by atoms with Gasteiger partial charge in [0.15, 0.2) is 0 Å². The second-order valence-corrected chi connectivity index (χ2v) is 17.0. The van der Waals surface area contributed by atoms with Crippen molar-refractivity contribution >= 4 is 103 Å². The first-order valence-electron chi connectivity index (χ1n) is 21.0. The van der Waals surface area contributed by atoms with Crippen molar-refractivity contribution in [2.24, 2.45) is 0 Å². The van der Waals surface area contributed by atoms with Crippen molar-refractivity contribution in [3.05, 3.63) is 212 Å². The largest absolute Gasteiger partial charge is 0.456 e. The average molecular weight is 810 g/mol. The van der Waals surface area contributed by atoms with Gasteiger partial charge in [-0.25, -0.2) is 0 Å². The number of furan rings is 2. The van der Waals surface area contributed by atoms with E-state index >= 15 is 0 Å². The zero-order valence-corrected chi connectivity index (χ0v) is 34.2. The number of hydrogen-bond donors (Lipinski definition) is 0. The summed E-state index contributed by atoms with van der Waals surface area (Å²) in [5.74, 6) is 0. The summed E-state index contributed by atoms with van der Waals surface area (Å²) in [6.45, 7) is 0. The quantitative estimate of drug-likeness (QED) is 0.168. The fraction of sp³-hybridized carbons (Fsp3) is 0. The van der Waals surface area contributed by atoms with Crippen LogP contribution < -0.4 is 4.90 Å². The molecule has 0 aliphatic carbocycles. The summed E-state index contributed by atoms with van der Waals surface area (Å²) < 4.78 is 16.3. The monoisotopic (exact) mass is 809 g/mol. The summed E-state index contributed by atoms with van der Waals surface area (Å²) in [4.78, 5) is 2.35. The molecule has 0 aliphatic rings. The Labute approximate surface area is 360 Å². The summed E-state index contributed by atoms with van der Waals surface area (Å²) in [7, 11) is 0. The molecule has 0 spiro atoms. The van der Waals surface area contributed by atoms with Gasteiger partial charge in [-0.1, -0.05) is 152 Å². The van der Waals surface area contributed by atoms with Gasteiger partial charge < -0.3 is 13.7 Å². The van der Waals surface area contributed by atoms with Gasteiger partial charge in [-0.15, -0.1) is 11.3 Å². The van der Waals surface area contributed by atoms with Crippen molar-refractivity contribution in [3.63, 3.8) is 0 Å². The average Bonchev–Trinajstić information content (AvgIpc) is 4.03. The molecule has 0 N–H and O–H groups in total. The molecule has 0 atom stereocenters. The van der Waals surface area contributed by atoms with Gasteiger partial charge in [-0.05, 0) is 99.3 Å². The van der Waals surface area contributed by atoms with E-state index in [1.165, 1.54) is 53.2 Å². The maximum absolute atomic E-state index is 6.99. The minimum atomic E-state index is 0.827. The molecule has 3 aromatic heterocycles. The predicted molar refractivity (Wildman–Crippen MR) is 262 cm³/mol. The SMILES string of the molecule is c1ccc(-c2ccc(N(c3ccc(-c4cccc5c4sc4ccccc45)cc3)c3ccc4oc5c(-c6cccc7ccccc67)c6c(cc5c4c3)oc3ccccc36)cc2)cc1. The summed E-state index contributed by atoms with van der Waals surface area (Å²) in [5, 5.41) is 9.15. The van der Waals surface area contributed by atoms with Crippen LogP contribution in [0.4, 0.5) is 17.1 Å². The lowest BCUT2D eigenvalue weighted by Crippen LogP contribution is -2.09. The molecule has 0 unspecified atom stereocenters. The normalized spacial score (nSPS) is 11.9.